The van der Waals surface area contributed by atoms with Crippen LogP contribution in [-0.2, 0) is 5.41 Å². The van der Waals surface area contributed by atoms with Gasteiger partial charge in [-0.05, 0) is 59.6 Å². The van der Waals surface area contributed by atoms with Crippen molar-refractivity contribution in [2.45, 2.75) is 30.6 Å². The van der Waals surface area contributed by atoms with Crippen molar-refractivity contribution in [3.05, 3.63) is 58.7 Å². The molecule has 0 aromatic heterocycles. The van der Waals surface area contributed by atoms with Crippen LogP contribution in [0.5, 0.6) is 5.75 Å². The van der Waals surface area contributed by atoms with E-state index in [1.54, 1.807) is 12.1 Å². The zero-order valence-electron chi connectivity index (χ0n) is 14.6. The predicted molar refractivity (Wildman–Crippen MR) is 101 cm³/mol. The van der Waals surface area contributed by atoms with Gasteiger partial charge in [0.1, 0.15) is 5.75 Å². The summed E-state index contributed by atoms with van der Waals surface area (Å²) in [4.78, 5) is 12.4. The average Bonchev–Trinajstić information content (AvgIpc) is 2.59. The van der Waals surface area contributed by atoms with E-state index in [1.165, 1.54) is 23.6 Å². The number of ether oxygens (including phenoxy) is 1. The summed E-state index contributed by atoms with van der Waals surface area (Å²) in [6.45, 7) is 4.55. The Labute approximate surface area is 152 Å². The summed E-state index contributed by atoms with van der Waals surface area (Å²) < 4.78 is 5.28. The molecule has 0 radical (unpaired) electrons. The van der Waals surface area contributed by atoms with Crippen molar-refractivity contribution in [3.63, 3.8) is 0 Å². The van der Waals surface area contributed by atoms with Crippen LogP contribution in [0.25, 0.3) is 0 Å². The molecule has 0 saturated heterocycles. The summed E-state index contributed by atoms with van der Waals surface area (Å²) in [5.41, 5.74) is 3.34. The number of thioether (sulfide) groups is 1. The molecule has 1 heterocycles. The van der Waals surface area contributed by atoms with Crippen molar-refractivity contribution in [1.82, 2.24) is 0 Å². The molecule has 4 heteroatoms. The zero-order chi connectivity index (χ0) is 18.0. The lowest BCUT2D eigenvalue weighted by Crippen LogP contribution is -2.22. The number of carboxylic acid groups (broad SMARTS) is 1. The highest BCUT2D eigenvalue weighted by Crippen LogP contribution is 2.41. The van der Waals surface area contributed by atoms with E-state index in [2.05, 4.69) is 37.8 Å². The number of carboxylic acids is 1. The molecule has 0 atom stereocenters. The number of aromatic carboxylic acids is 1. The first-order valence-electron chi connectivity index (χ1n) is 8.11. The molecule has 0 fully saturated rings. The third kappa shape index (κ3) is 3.67. The van der Waals surface area contributed by atoms with Crippen molar-refractivity contribution in [2.75, 3.05) is 12.9 Å². The Kier molecular flexibility index (Phi) is 4.78. The van der Waals surface area contributed by atoms with Crippen LogP contribution in [0, 0.1) is 11.8 Å². The van der Waals surface area contributed by atoms with Crippen LogP contribution in [0.15, 0.2) is 41.3 Å². The molecular formula is C21H20O3S. The molecule has 0 amide bonds. The molecule has 25 heavy (non-hydrogen) atoms. The van der Waals surface area contributed by atoms with Gasteiger partial charge in [-0.1, -0.05) is 25.7 Å². The van der Waals surface area contributed by atoms with Gasteiger partial charge >= 0.3 is 5.97 Å². The van der Waals surface area contributed by atoms with Crippen LogP contribution >= 0.6 is 11.8 Å². The molecule has 0 aliphatic carbocycles. The Morgan fingerprint density at radius 1 is 1.20 bits per heavy atom. The van der Waals surface area contributed by atoms with Crippen LogP contribution < -0.4 is 4.74 Å². The van der Waals surface area contributed by atoms with Crippen molar-refractivity contribution >= 4 is 17.7 Å². The van der Waals surface area contributed by atoms with E-state index in [0.29, 0.717) is 11.3 Å². The largest absolute Gasteiger partial charge is 0.495 e. The fourth-order valence-electron chi connectivity index (χ4n) is 2.88. The van der Waals surface area contributed by atoms with E-state index in [-0.39, 0.29) is 11.0 Å². The van der Waals surface area contributed by atoms with E-state index in [0.717, 1.165) is 17.7 Å². The summed E-state index contributed by atoms with van der Waals surface area (Å²) in [6, 6.07) is 11.1. The summed E-state index contributed by atoms with van der Waals surface area (Å²) in [5.74, 6) is 6.94. The third-order valence-corrected chi connectivity index (χ3v) is 5.56. The van der Waals surface area contributed by atoms with E-state index < -0.39 is 5.97 Å². The molecule has 3 rings (SSSR count). The van der Waals surface area contributed by atoms with Gasteiger partial charge in [-0.25, -0.2) is 4.79 Å². The van der Waals surface area contributed by atoms with Gasteiger partial charge in [0, 0.05) is 10.5 Å². The van der Waals surface area contributed by atoms with Crippen molar-refractivity contribution in [2.24, 2.45) is 0 Å². The van der Waals surface area contributed by atoms with Crippen molar-refractivity contribution in [1.29, 1.82) is 0 Å². The maximum absolute atomic E-state index is 11.1. The van der Waals surface area contributed by atoms with Gasteiger partial charge in [-0.3, -0.25) is 0 Å². The van der Waals surface area contributed by atoms with Crippen LogP contribution in [0.1, 0.15) is 47.3 Å². The Morgan fingerprint density at radius 3 is 2.72 bits per heavy atom. The number of carbonyl (C=O) groups is 1. The Bertz CT molecular complexity index is 888. The fraction of sp³-hybridized carbons (Fsp3) is 0.286. The maximum Gasteiger partial charge on any atom is 0.335 e. The second-order valence-corrected chi connectivity index (χ2v) is 7.80. The SMILES string of the molecule is COc1cc(C(=O)O)ccc1C#Cc1ccc2c(c1)C(C)(C)CCS2. The number of fused-ring (bicyclic) bond motifs is 1. The molecule has 128 valence electrons. The maximum atomic E-state index is 11.1. The number of hydrogen-bond acceptors (Lipinski definition) is 3. The van der Waals surface area contributed by atoms with Gasteiger partial charge in [-0.2, -0.15) is 0 Å². The molecule has 2 aromatic carbocycles. The topological polar surface area (TPSA) is 46.5 Å². The molecule has 0 unspecified atom stereocenters. The molecule has 0 bridgehead atoms. The normalized spacial score (nSPS) is 14.8. The molecule has 1 aliphatic heterocycles. The number of hydrogen-bond donors (Lipinski definition) is 1. The summed E-state index contributed by atoms with van der Waals surface area (Å²) in [7, 11) is 1.52. The highest BCUT2D eigenvalue weighted by atomic mass is 32.2. The summed E-state index contributed by atoms with van der Waals surface area (Å²) in [6.07, 6.45) is 1.16. The number of methoxy groups -OCH3 is 1. The molecular weight excluding hydrogens is 332 g/mol. The van der Waals surface area contributed by atoms with Gasteiger partial charge in [0.25, 0.3) is 0 Å². The lowest BCUT2D eigenvalue weighted by molar-refractivity contribution is 0.0696. The van der Waals surface area contributed by atoms with Gasteiger partial charge < -0.3 is 9.84 Å². The van der Waals surface area contributed by atoms with E-state index in [1.807, 2.05) is 17.8 Å². The van der Waals surface area contributed by atoms with Gasteiger partial charge in [0.2, 0.25) is 0 Å². The van der Waals surface area contributed by atoms with Gasteiger partial charge in [0.15, 0.2) is 0 Å². The zero-order valence-corrected chi connectivity index (χ0v) is 15.4. The molecule has 2 aromatic rings. The van der Waals surface area contributed by atoms with E-state index >= 15 is 0 Å². The minimum absolute atomic E-state index is 0.166. The molecule has 3 nitrogen and oxygen atoms in total. The highest BCUT2D eigenvalue weighted by molar-refractivity contribution is 7.99. The number of rotatable bonds is 2. The van der Waals surface area contributed by atoms with Crippen molar-refractivity contribution in [3.8, 4) is 17.6 Å². The lowest BCUT2D eigenvalue weighted by Gasteiger charge is -2.32. The molecule has 0 saturated carbocycles. The summed E-state index contributed by atoms with van der Waals surface area (Å²) in [5, 5.41) is 9.07. The first-order valence-corrected chi connectivity index (χ1v) is 9.10. The van der Waals surface area contributed by atoms with E-state index in [4.69, 9.17) is 9.84 Å². The average molecular weight is 352 g/mol. The van der Waals surface area contributed by atoms with Crippen LogP contribution in [0.2, 0.25) is 0 Å². The Morgan fingerprint density at radius 2 is 2.00 bits per heavy atom. The van der Waals surface area contributed by atoms with Crippen LogP contribution in [0.3, 0.4) is 0 Å². The molecule has 0 spiro atoms. The third-order valence-electron chi connectivity index (χ3n) is 4.48. The minimum Gasteiger partial charge on any atom is -0.495 e. The minimum atomic E-state index is -0.979. The smallest absolute Gasteiger partial charge is 0.335 e. The first-order chi connectivity index (χ1) is 11.9. The fourth-order valence-corrected chi connectivity index (χ4v) is 4.37. The van der Waals surface area contributed by atoms with Crippen LogP contribution in [0.4, 0.5) is 0 Å². The Balaban J connectivity index is 1.96. The standard InChI is InChI=1S/C21H20O3S/c1-21(2)10-11-25-19-9-5-14(12-17(19)21)4-6-15-7-8-16(20(22)23)13-18(15)24-3/h5,7-9,12-13H,10-11H2,1-3H3,(H,22,23). The molecule has 1 N–H and O–H groups in total. The highest BCUT2D eigenvalue weighted by Gasteiger charge is 2.27. The summed E-state index contributed by atoms with van der Waals surface area (Å²) >= 11 is 1.90. The Hall–Kier alpha value is -2.38. The van der Waals surface area contributed by atoms with Crippen molar-refractivity contribution < 1.29 is 14.6 Å². The number of benzene rings is 2. The second-order valence-electron chi connectivity index (χ2n) is 6.66. The van der Waals surface area contributed by atoms with E-state index in [9.17, 15) is 4.79 Å². The van der Waals surface area contributed by atoms with Gasteiger partial charge in [0.05, 0.1) is 18.2 Å². The quantitative estimate of drug-likeness (QED) is 0.805. The van der Waals surface area contributed by atoms with Gasteiger partial charge in [-0.15, -0.1) is 11.8 Å². The lowest BCUT2D eigenvalue weighted by atomic mass is 9.81. The first kappa shape index (κ1) is 17.4. The molecule has 1 aliphatic rings. The monoisotopic (exact) mass is 352 g/mol. The second kappa shape index (κ2) is 6.85. The predicted octanol–water partition coefficient (Wildman–Crippen LogP) is 4.57. The van der Waals surface area contributed by atoms with Crippen LogP contribution in [-0.4, -0.2) is 23.9 Å².